The molecule has 0 radical (unpaired) electrons. The minimum Gasteiger partial charge on any atom is -0.369 e. The summed E-state index contributed by atoms with van der Waals surface area (Å²) >= 11 is 5.90. The molecule has 0 aromatic heterocycles. The Morgan fingerprint density at radius 1 is 1.04 bits per heavy atom. The second-order valence-electron chi connectivity index (χ2n) is 6.16. The molecule has 0 saturated carbocycles. The van der Waals surface area contributed by atoms with Crippen LogP contribution in [-0.4, -0.2) is 50.1 Å². The summed E-state index contributed by atoms with van der Waals surface area (Å²) in [5, 5.41) is 2.82. The number of piperazine rings is 1. The molecule has 0 aliphatic carbocycles. The number of hydrogen-bond donors (Lipinski definition) is 1. The van der Waals surface area contributed by atoms with Crippen LogP contribution in [0.4, 0.5) is 14.5 Å². The first-order valence-electron chi connectivity index (χ1n) is 8.49. The third-order valence-corrected chi connectivity index (χ3v) is 4.78. The maximum absolute atomic E-state index is 13.7. The largest absolute Gasteiger partial charge is 0.369 e. The van der Waals surface area contributed by atoms with Gasteiger partial charge in [-0.15, -0.1) is 0 Å². The van der Waals surface area contributed by atoms with Crippen LogP contribution in [0.1, 0.15) is 10.4 Å². The second-order valence-corrected chi connectivity index (χ2v) is 6.56. The van der Waals surface area contributed by atoms with Gasteiger partial charge in [-0.2, -0.15) is 0 Å². The van der Waals surface area contributed by atoms with E-state index in [1.54, 1.807) is 12.1 Å². The number of nitrogens with zero attached hydrogens (tertiary/aromatic N) is 2. The van der Waals surface area contributed by atoms with Crippen molar-refractivity contribution in [1.29, 1.82) is 0 Å². The van der Waals surface area contributed by atoms with E-state index in [9.17, 15) is 13.6 Å². The molecule has 4 nitrogen and oxygen atoms in total. The van der Waals surface area contributed by atoms with Gasteiger partial charge in [0, 0.05) is 45.0 Å². The van der Waals surface area contributed by atoms with Crippen molar-refractivity contribution in [3.63, 3.8) is 0 Å². The van der Waals surface area contributed by atoms with Gasteiger partial charge >= 0.3 is 0 Å². The van der Waals surface area contributed by atoms with Crippen LogP contribution in [0.3, 0.4) is 0 Å². The van der Waals surface area contributed by atoms with E-state index in [2.05, 4.69) is 15.1 Å². The number of hydrogen-bond acceptors (Lipinski definition) is 3. The molecule has 7 heteroatoms. The number of benzene rings is 2. The van der Waals surface area contributed by atoms with Gasteiger partial charge in [0.05, 0.1) is 10.6 Å². The van der Waals surface area contributed by atoms with Crippen LogP contribution in [0.25, 0.3) is 0 Å². The van der Waals surface area contributed by atoms with Crippen molar-refractivity contribution in [2.75, 3.05) is 44.2 Å². The standard InChI is InChI=1S/C19H20ClF2N3O/c20-16-2-1-3-17(22)18(16)19(26)23-8-9-24-10-12-25(13-11-24)15-6-4-14(21)5-7-15/h1-7H,8-13H2,(H,23,26). The number of carbonyl (C=O) groups is 1. The van der Waals surface area contributed by atoms with Gasteiger partial charge in [0.25, 0.3) is 5.91 Å². The average molecular weight is 380 g/mol. The fourth-order valence-electron chi connectivity index (χ4n) is 3.01. The summed E-state index contributed by atoms with van der Waals surface area (Å²) in [7, 11) is 0. The third kappa shape index (κ3) is 4.51. The van der Waals surface area contributed by atoms with Gasteiger partial charge in [-0.3, -0.25) is 9.69 Å². The lowest BCUT2D eigenvalue weighted by Gasteiger charge is -2.36. The topological polar surface area (TPSA) is 35.6 Å². The Morgan fingerprint density at radius 2 is 1.73 bits per heavy atom. The summed E-state index contributed by atoms with van der Waals surface area (Å²) in [6.07, 6.45) is 0. The number of rotatable bonds is 5. The zero-order valence-corrected chi connectivity index (χ0v) is 15.0. The molecule has 0 spiro atoms. The Hall–Kier alpha value is -2.18. The second kappa shape index (κ2) is 8.47. The van der Waals surface area contributed by atoms with Gasteiger partial charge < -0.3 is 10.2 Å². The Morgan fingerprint density at radius 3 is 2.38 bits per heavy atom. The van der Waals surface area contributed by atoms with Crippen molar-refractivity contribution in [1.82, 2.24) is 10.2 Å². The fourth-order valence-corrected chi connectivity index (χ4v) is 3.26. The highest BCUT2D eigenvalue weighted by atomic mass is 35.5. The van der Waals surface area contributed by atoms with Gasteiger partial charge in [0.15, 0.2) is 0 Å². The Labute approximate surface area is 156 Å². The van der Waals surface area contributed by atoms with Crippen LogP contribution >= 0.6 is 11.6 Å². The van der Waals surface area contributed by atoms with Crippen molar-refractivity contribution in [2.24, 2.45) is 0 Å². The van der Waals surface area contributed by atoms with Crippen LogP contribution in [0.5, 0.6) is 0 Å². The molecule has 1 aliphatic heterocycles. The molecule has 1 saturated heterocycles. The van der Waals surface area contributed by atoms with Crippen LogP contribution in [0, 0.1) is 11.6 Å². The summed E-state index contributed by atoms with van der Waals surface area (Å²) in [6, 6.07) is 10.7. The lowest BCUT2D eigenvalue weighted by Crippen LogP contribution is -2.48. The van der Waals surface area contributed by atoms with E-state index in [0.29, 0.717) is 13.1 Å². The summed E-state index contributed by atoms with van der Waals surface area (Å²) in [6.45, 7) is 4.44. The van der Waals surface area contributed by atoms with E-state index >= 15 is 0 Å². The van der Waals surface area contributed by atoms with Crippen molar-refractivity contribution in [3.05, 3.63) is 64.7 Å². The fraction of sp³-hybridized carbons (Fsp3) is 0.316. The van der Waals surface area contributed by atoms with Crippen LogP contribution in [-0.2, 0) is 0 Å². The summed E-state index contributed by atoms with van der Waals surface area (Å²) in [5.74, 6) is -1.36. The lowest BCUT2D eigenvalue weighted by atomic mass is 10.2. The van der Waals surface area contributed by atoms with Crippen molar-refractivity contribution < 1.29 is 13.6 Å². The number of carbonyl (C=O) groups excluding carboxylic acids is 1. The molecule has 1 fully saturated rings. The van der Waals surface area contributed by atoms with Crippen molar-refractivity contribution in [3.8, 4) is 0 Å². The minimum atomic E-state index is -0.622. The van der Waals surface area contributed by atoms with E-state index < -0.39 is 11.7 Å². The molecule has 0 bridgehead atoms. The minimum absolute atomic E-state index is 0.107. The van der Waals surface area contributed by atoms with E-state index in [4.69, 9.17) is 11.6 Å². The maximum atomic E-state index is 13.7. The number of anilines is 1. The Kier molecular flexibility index (Phi) is 6.06. The molecule has 0 unspecified atom stereocenters. The van der Waals surface area contributed by atoms with Crippen LogP contribution < -0.4 is 10.2 Å². The van der Waals surface area contributed by atoms with Crippen LogP contribution in [0.2, 0.25) is 5.02 Å². The highest BCUT2D eigenvalue weighted by Gasteiger charge is 2.18. The first kappa shape index (κ1) is 18.6. The molecule has 3 rings (SSSR count). The smallest absolute Gasteiger partial charge is 0.255 e. The Balaban J connectivity index is 1.44. The van der Waals surface area contributed by atoms with E-state index in [1.807, 2.05) is 0 Å². The molecule has 2 aromatic rings. The molecule has 1 aliphatic rings. The van der Waals surface area contributed by atoms with Crippen molar-refractivity contribution in [2.45, 2.75) is 0 Å². The van der Waals surface area contributed by atoms with Gasteiger partial charge in [-0.1, -0.05) is 17.7 Å². The van der Waals surface area contributed by atoms with E-state index in [-0.39, 0.29) is 16.4 Å². The summed E-state index contributed by atoms with van der Waals surface area (Å²) < 4.78 is 26.7. The van der Waals surface area contributed by atoms with Gasteiger partial charge in [0.2, 0.25) is 0 Å². The van der Waals surface area contributed by atoms with Gasteiger partial charge in [-0.25, -0.2) is 8.78 Å². The first-order chi connectivity index (χ1) is 12.5. The normalized spacial score (nSPS) is 15.1. The molecule has 26 heavy (non-hydrogen) atoms. The quantitative estimate of drug-likeness (QED) is 0.866. The van der Waals surface area contributed by atoms with E-state index in [1.165, 1.54) is 30.3 Å². The molecule has 138 valence electrons. The predicted molar refractivity (Wildman–Crippen MR) is 98.8 cm³/mol. The number of amides is 1. The van der Waals surface area contributed by atoms with Crippen LogP contribution in [0.15, 0.2) is 42.5 Å². The van der Waals surface area contributed by atoms with Gasteiger partial charge in [-0.05, 0) is 36.4 Å². The molecule has 2 aromatic carbocycles. The average Bonchev–Trinajstić information content (AvgIpc) is 2.63. The number of halogens is 3. The molecule has 0 atom stereocenters. The molecular weight excluding hydrogens is 360 g/mol. The predicted octanol–water partition coefficient (Wildman–Crippen LogP) is 3.17. The SMILES string of the molecule is O=C(NCCN1CCN(c2ccc(F)cc2)CC1)c1c(F)cccc1Cl. The van der Waals surface area contributed by atoms with E-state index in [0.717, 1.165) is 31.9 Å². The highest BCUT2D eigenvalue weighted by Crippen LogP contribution is 2.19. The monoisotopic (exact) mass is 379 g/mol. The number of nitrogens with one attached hydrogen (secondary N) is 1. The third-order valence-electron chi connectivity index (χ3n) is 4.47. The molecular formula is C19H20ClF2N3O. The zero-order chi connectivity index (χ0) is 18.5. The van der Waals surface area contributed by atoms with Crippen molar-refractivity contribution >= 4 is 23.2 Å². The first-order valence-corrected chi connectivity index (χ1v) is 8.87. The maximum Gasteiger partial charge on any atom is 0.255 e. The lowest BCUT2D eigenvalue weighted by molar-refractivity contribution is 0.0944. The van der Waals surface area contributed by atoms with Gasteiger partial charge in [0.1, 0.15) is 11.6 Å². The molecule has 1 heterocycles. The summed E-state index contributed by atoms with van der Waals surface area (Å²) in [4.78, 5) is 16.5. The zero-order valence-electron chi connectivity index (χ0n) is 14.2. The Bertz CT molecular complexity index is 742. The summed E-state index contributed by atoms with van der Waals surface area (Å²) in [5.41, 5.74) is 0.892. The molecule has 1 N–H and O–H groups in total. The molecule has 1 amide bonds. The highest BCUT2D eigenvalue weighted by molar-refractivity contribution is 6.33.